The van der Waals surface area contributed by atoms with Crippen molar-refractivity contribution < 1.29 is 0 Å². The Hall–Kier alpha value is -2.85. The summed E-state index contributed by atoms with van der Waals surface area (Å²) >= 11 is 3.77. The Labute approximate surface area is 226 Å². The second-order valence-electron chi connectivity index (χ2n) is 10.0. The number of piperazine rings is 2. The highest BCUT2D eigenvalue weighted by atomic mass is 79.9. The predicted octanol–water partition coefficient (Wildman–Crippen LogP) is 3.82. The molecule has 0 spiro atoms. The van der Waals surface area contributed by atoms with Crippen molar-refractivity contribution >= 4 is 32.8 Å². The molecule has 1 aromatic carbocycles. The van der Waals surface area contributed by atoms with E-state index in [2.05, 4.69) is 87.3 Å². The number of rotatable bonds is 6. The maximum atomic E-state index is 4.85. The van der Waals surface area contributed by atoms with Gasteiger partial charge in [0.1, 0.15) is 11.3 Å². The standard InChI is InChI=1S/C28H33BrN8/c1-20-16-22(6-7-31-20)19-36-12-14-37(15-13-36)26-24(29)17-32-28-25(26)33-27(34-28)23-4-2-21(3-5-23)18-35-10-8-30-9-11-35/h2-7,16-17,30H,8-15,18-19H2,1H3,(H,32,33,34). The first-order valence-corrected chi connectivity index (χ1v) is 13.9. The van der Waals surface area contributed by atoms with Gasteiger partial charge in [-0.2, -0.15) is 0 Å². The quantitative estimate of drug-likeness (QED) is 0.371. The number of aromatic amines is 1. The summed E-state index contributed by atoms with van der Waals surface area (Å²) in [4.78, 5) is 24.8. The zero-order valence-corrected chi connectivity index (χ0v) is 22.8. The molecule has 2 saturated heterocycles. The lowest BCUT2D eigenvalue weighted by molar-refractivity contribution is 0.233. The predicted molar refractivity (Wildman–Crippen MR) is 152 cm³/mol. The van der Waals surface area contributed by atoms with Crippen molar-refractivity contribution in [3.05, 3.63) is 70.1 Å². The van der Waals surface area contributed by atoms with Gasteiger partial charge >= 0.3 is 0 Å². The molecular weight excluding hydrogens is 528 g/mol. The molecule has 0 aliphatic carbocycles. The van der Waals surface area contributed by atoms with Gasteiger partial charge in [0.25, 0.3) is 0 Å². The Balaban J connectivity index is 1.17. The van der Waals surface area contributed by atoms with E-state index >= 15 is 0 Å². The second-order valence-corrected chi connectivity index (χ2v) is 10.9. The SMILES string of the molecule is Cc1cc(CN2CCN(c3c(Br)cnc4nc(-c5ccc(CN6CCNCC6)cc5)[nH]c34)CC2)ccn1. The van der Waals surface area contributed by atoms with Crippen LogP contribution in [0.15, 0.2) is 53.3 Å². The summed E-state index contributed by atoms with van der Waals surface area (Å²) in [6.45, 7) is 12.3. The second kappa shape index (κ2) is 10.9. The van der Waals surface area contributed by atoms with Crippen LogP contribution in [0.25, 0.3) is 22.6 Å². The van der Waals surface area contributed by atoms with Gasteiger partial charge in [-0.25, -0.2) is 9.97 Å². The van der Waals surface area contributed by atoms with Crippen molar-refractivity contribution in [1.82, 2.24) is 35.1 Å². The van der Waals surface area contributed by atoms with Crippen molar-refractivity contribution in [2.24, 2.45) is 0 Å². The Bertz CT molecular complexity index is 1350. The van der Waals surface area contributed by atoms with Gasteiger partial charge in [0.15, 0.2) is 5.65 Å². The maximum absolute atomic E-state index is 4.85. The summed E-state index contributed by atoms with van der Waals surface area (Å²) in [6.07, 6.45) is 3.78. The van der Waals surface area contributed by atoms with Crippen molar-refractivity contribution in [2.75, 3.05) is 57.3 Å². The molecule has 5 heterocycles. The fourth-order valence-electron chi connectivity index (χ4n) is 5.35. The van der Waals surface area contributed by atoms with E-state index in [4.69, 9.17) is 4.98 Å². The highest BCUT2D eigenvalue weighted by Crippen LogP contribution is 2.34. The van der Waals surface area contributed by atoms with Gasteiger partial charge in [-0.1, -0.05) is 24.3 Å². The van der Waals surface area contributed by atoms with Gasteiger partial charge in [-0.3, -0.25) is 14.8 Å². The lowest BCUT2D eigenvalue weighted by atomic mass is 10.1. The number of hydrogen-bond donors (Lipinski definition) is 2. The van der Waals surface area contributed by atoms with Crippen LogP contribution >= 0.6 is 15.9 Å². The molecule has 6 rings (SSSR count). The highest BCUT2D eigenvalue weighted by Gasteiger charge is 2.23. The minimum Gasteiger partial charge on any atom is -0.366 e. The third-order valence-electron chi connectivity index (χ3n) is 7.35. The van der Waals surface area contributed by atoms with Crippen molar-refractivity contribution in [1.29, 1.82) is 0 Å². The normalized spacial score (nSPS) is 17.5. The van der Waals surface area contributed by atoms with E-state index < -0.39 is 0 Å². The Kier molecular flexibility index (Phi) is 7.19. The molecule has 0 atom stereocenters. The van der Waals surface area contributed by atoms with Crippen LogP contribution in [0.1, 0.15) is 16.8 Å². The molecule has 9 heteroatoms. The number of fused-ring (bicyclic) bond motifs is 1. The molecule has 8 nitrogen and oxygen atoms in total. The molecule has 2 fully saturated rings. The summed E-state index contributed by atoms with van der Waals surface area (Å²) < 4.78 is 1.000. The van der Waals surface area contributed by atoms with Gasteiger partial charge in [0.2, 0.25) is 0 Å². The number of hydrogen-bond acceptors (Lipinski definition) is 7. The van der Waals surface area contributed by atoms with Crippen molar-refractivity contribution in [3.8, 4) is 11.4 Å². The smallest absolute Gasteiger partial charge is 0.180 e. The fourth-order valence-corrected chi connectivity index (χ4v) is 5.90. The fraction of sp³-hybridized carbons (Fsp3) is 0.393. The molecule has 2 N–H and O–H groups in total. The molecule has 37 heavy (non-hydrogen) atoms. The van der Waals surface area contributed by atoms with Crippen LogP contribution < -0.4 is 10.2 Å². The molecule has 0 bridgehead atoms. The molecule has 192 valence electrons. The number of aryl methyl sites for hydroxylation is 1. The summed E-state index contributed by atoms with van der Waals surface area (Å²) in [5, 5.41) is 3.42. The number of benzene rings is 1. The van der Waals surface area contributed by atoms with Crippen LogP contribution in [-0.4, -0.2) is 82.1 Å². The summed E-state index contributed by atoms with van der Waals surface area (Å²) in [5.41, 5.74) is 7.72. The van der Waals surface area contributed by atoms with E-state index in [1.807, 2.05) is 19.3 Å². The lowest BCUT2D eigenvalue weighted by Gasteiger charge is -2.36. The van der Waals surface area contributed by atoms with Crippen molar-refractivity contribution in [2.45, 2.75) is 20.0 Å². The molecule has 2 aliphatic rings. The van der Waals surface area contributed by atoms with E-state index in [0.29, 0.717) is 0 Å². The van der Waals surface area contributed by atoms with Gasteiger partial charge in [0.05, 0.1) is 10.2 Å². The molecule has 0 saturated carbocycles. The minimum absolute atomic E-state index is 0.757. The average molecular weight is 562 g/mol. The maximum Gasteiger partial charge on any atom is 0.180 e. The van der Waals surface area contributed by atoms with Crippen LogP contribution in [-0.2, 0) is 13.1 Å². The molecule has 0 amide bonds. The van der Waals surface area contributed by atoms with Crippen molar-refractivity contribution in [3.63, 3.8) is 0 Å². The van der Waals surface area contributed by atoms with Gasteiger partial charge < -0.3 is 15.2 Å². The molecule has 4 aromatic rings. The molecule has 2 aliphatic heterocycles. The van der Waals surface area contributed by atoms with Gasteiger partial charge in [-0.15, -0.1) is 0 Å². The first-order valence-electron chi connectivity index (χ1n) is 13.1. The minimum atomic E-state index is 0.757. The number of H-pyrrole nitrogens is 1. The van der Waals surface area contributed by atoms with E-state index in [1.165, 1.54) is 11.1 Å². The molecule has 0 unspecified atom stereocenters. The summed E-state index contributed by atoms with van der Waals surface area (Å²) in [5.74, 6) is 0.863. The van der Waals surface area contributed by atoms with E-state index in [1.54, 1.807) is 0 Å². The third-order valence-corrected chi connectivity index (χ3v) is 7.93. The number of nitrogens with zero attached hydrogens (tertiary/aromatic N) is 6. The zero-order chi connectivity index (χ0) is 25.2. The topological polar surface area (TPSA) is 76.2 Å². The number of halogens is 1. The van der Waals surface area contributed by atoms with Crippen LogP contribution in [0, 0.1) is 6.92 Å². The monoisotopic (exact) mass is 560 g/mol. The number of anilines is 1. The number of imidazole rings is 1. The van der Waals surface area contributed by atoms with Gasteiger partial charge in [0, 0.05) is 89.1 Å². The highest BCUT2D eigenvalue weighted by molar-refractivity contribution is 9.10. The van der Waals surface area contributed by atoms with E-state index in [9.17, 15) is 0 Å². The lowest BCUT2D eigenvalue weighted by Crippen LogP contribution is -2.46. The van der Waals surface area contributed by atoms with E-state index in [-0.39, 0.29) is 0 Å². The number of aromatic nitrogens is 4. The van der Waals surface area contributed by atoms with E-state index in [0.717, 1.165) is 104 Å². The first-order chi connectivity index (χ1) is 18.1. The Morgan fingerprint density at radius 3 is 2.35 bits per heavy atom. The van der Waals surface area contributed by atoms with Gasteiger partial charge in [-0.05, 0) is 46.1 Å². The van der Waals surface area contributed by atoms with Crippen LogP contribution in [0.2, 0.25) is 0 Å². The van der Waals surface area contributed by atoms with Crippen LogP contribution in [0.3, 0.4) is 0 Å². The Morgan fingerprint density at radius 1 is 0.865 bits per heavy atom. The van der Waals surface area contributed by atoms with Crippen LogP contribution in [0.4, 0.5) is 5.69 Å². The van der Waals surface area contributed by atoms with Crippen LogP contribution in [0.5, 0.6) is 0 Å². The number of pyridine rings is 2. The zero-order valence-electron chi connectivity index (χ0n) is 21.3. The average Bonchev–Trinajstić information content (AvgIpc) is 3.35. The summed E-state index contributed by atoms with van der Waals surface area (Å²) in [6, 6.07) is 13.1. The Morgan fingerprint density at radius 2 is 1.59 bits per heavy atom. The molecular formula is C28H33BrN8. The first kappa shape index (κ1) is 24.5. The number of nitrogens with one attached hydrogen (secondary N) is 2. The third kappa shape index (κ3) is 5.55. The summed E-state index contributed by atoms with van der Waals surface area (Å²) in [7, 11) is 0. The largest absolute Gasteiger partial charge is 0.366 e. The molecule has 0 radical (unpaired) electrons. The molecule has 3 aromatic heterocycles.